The van der Waals surface area contributed by atoms with Gasteiger partial charge in [0.25, 0.3) is 0 Å². The van der Waals surface area contributed by atoms with Crippen molar-refractivity contribution in [1.29, 1.82) is 0 Å². The maximum atomic E-state index is 11.1. The Labute approximate surface area is 117 Å². The average Bonchev–Trinajstić information content (AvgIpc) is 2.70. The van der Waals surface area contributed by atoms with Gasteiger partial charge in [-0.25, -0.2) is 0 Å². The SMILES string of the molecule is CNC(=O)/C=C/C[N+](C)(C)Cc1c([N+](=O)[O-])ncn1C. The van der Waals surface area contributed by atoms with Crippen LogP contribution in [-0.2, 0) is 18.4 Å². The van der Waals surface area contributed by atoms with E-state index in [1.165, 1.54) is 12.4 Å². The zero-order valence-corrected chi connectivity index (χ0v) is 12.2. The van der Waals surface area contributed by atoms with Gasteiger partial charge in [0.15, 0.2) is 5.69 Å². The molecule has 0 saturated heterocycles. The zero-order chi connectivity index (χ0) is 15.3. The van der Waals surface area contributed by atoms with Crippen LogP contribution in [-0.4, -0.2) is 52.6 Å². The third-order valence-electron chi connectivity index (χ3n) is 2.90. The van der Waals surface area contributed by atoms with Gasteiger partial charge in [-0.1, -0.05) is 0 Å². The largest absolute Gasteiger partial charge is 0.390 e. The Morgan fingerprint density at radius 2 is 2.25 bits per heavy atom. The van der Waals surface area contributed by atoms with E-state index in [0.29, 0.717) is 23.3 Å². The second-order valence-electron chi connectivity index (χ2n) is 5.18. The van der Waals surface area contributed by atoms with Crippen molar-refractivity contribution >= 4 is 11.7 Å². The Morgan fingerprint density at radius 1 is 1.60 bits per heavy atom. The summed E-state index contributed by atoms with van der Waals surface area (Å²) in [6, 6.07) is 0. The molecule has 0 atom stereocenters. The van der Waals surface area contributed by atoms with E-state index in [1.54, 1.807) is 24.7 Å². The van der Waals surface area contributed by atoms with E-state index in [1.807, 2.05) is 14.1 Å². The molecule has 1 aromatic rings. The maximum absolute atomic E-state index is 11.1. The second-order valence-corrected chi connectivity index (χ2v) is 5.18. The lowest BCUT2D eigenvalue weighted by Crippen LogP contribution is -2.39. The van der Waals surface area contributed by atoms with Crippen LogP contribution in [0.2, 0.25) is 0 Å². The highest BCUT2D eigenvalue weighted by Crippen LogP contribution is 2.19. The third kappa shape index (κ3) is 4.16. The van der Waals surface area contributed by atoms with Crippen LogP contribution < -0.4 is 5.32 Å². The van der Waals surface area contributed by atoms with Crippen LogP contribution in [0.1, 0.15) is 5.69 Å². The Kier molecular flexibility index (Phi) is 4.98. The summed E-state index contributed by atoms with van der Waals surface area (Å²) >= 11 is 0. The normalized spacial score (nSPS) is 11.8. The smallest absolute Gasteiger partial charge is 0.358 e. The van der Waals surface area contributed by atoms with Crippen LogP contribution in [0.15, 0.2) is 18.5 Å². The van der Waals surface area contributed by atoms with Crippen molar-refractivity contribution in [2.24, 2.45) is 7.05 Å². The molecule has 1 rings (SSSR count). The fourth-order valence-electron chi connectivity index (χ4n) is 1.78. The number of hydrogen-bond donors (Lipinski definition) is 1. The van der Waals surface area contributed by atoms with Gasteiger partial charge >= 0.3 is 5.82 Å². The predicted molar refractivity (Wildman–Crippen MR) is 73.7 cm³/mol. The van der Waals surface area contributed by atoms with Gasteiger partial charge in [0, 0.05) is 20.2 Å². The lowest BCUT2D eigenvalue weighted by Gasteiger charge is -2.27. The van der Waals surface area contributed by atoms with Crippen molar-refractivity contribution in [1.82, 2.24) is 14.9 Å². The van der Waals surface area contributed by atoms with Gasteiger partial charge in [-0.3, -0.25) is 4.79 Å². The quantitative estimate of drug-likeness (QED) is 0.349. The summed E-state index contributed by atoms with van der Waals surface area (Å²) in [5.74, 6) is -0.287. The van der Waals surface area contributed by atoms with Gasteiger partial charge in [-0.15, -0.1) is 0 Å². The molecule has 0 fully saturated rings. The molecule has 1 amide bonds. The average molecular weight is 282 g/mol. The van der Waals surface area contributed by atoms with E-state index < -0.39 is 4.92 Å². The highest BCUT2D eigenvalue weighted by molar-refractivity contribution is 5.87. The number of carbonyl (C=O) groups excluding carboxylic acids is 1. The molecule has 1 N–H and O–H groups in total. The van der Waals surface area contributed by atoms with Crippen LogP contribution >= 0.6 is 0 Å². The molecule has 110 valence electrons. The zero-order valence-electron chi connectivity index (χ0n) is 12.2. The molecule has 0 spiro atoms. The molecule has 0 saturated carbocycles. The topological polar surface area (TPSA) is 90.1 Å². The predicted octanol–water partition coefficient (Wildman–Crippen LogP) is 0.207. The number of likely N-dealkylation sites (N-methyl/N-ethyl adjacent to an activating group) is 2. The summed E-state index contributed by atoms with van der Waals surface area (Å²) in [6.07, 6.45) is 4.65. The van der Waals surface area contributed by atoms with Crippen molar-refractivity contribution in [2.45, 2.75) is 6.54 Å². The maximum Gasteiger partial charge on any atom is 0.390 e. The number of rotatable bonds is 6. The van der Waals surface area contributed by atoms with E-state index in [0.717, 1.165) is 0 Å². The lowest BCUT2D eigenvalue weighted by molar-refractivity contribution is -0.898. The first-order chi connectivity index (χ1) is 9.26. The molecule has 0 unspecified atom stereocenters. The van der Waals surface area contributed by atoms with Crippen LogP contribution in [0.3, 0.4) is 0 Å². The molecule has 8 nitrogen and oxygen atoms in total. The van der Waals surface area contributed by atoms with Crippen molar-refractivity contribution in [3.63, 3.8) is 0 Å². The highest BCUT2D eigenvalue weighted by Gasteiger charge is 2.26. The summed E-state index contributed by atoms with van der Waals surface area (Å²) in [6.45, 7) is 1.03. The van der Waals surface area contributed by atoms with E-state index in [4.69, 9.17) is 0 Å². The number of carbonyl (C=O) groups is 1. The molecule has 0 aliphatic heterocycles. The molecular weight excluding hydrogens is 262 g/mol. The molecule has 0 bridgehead atoms. The van der Waals surface area contributed by atoms with E-state index in [9.17, 15) is 14.9 Å². The monoisotopic (exact) mass is 282 g/mol. The molecule has 1 heterocycles. The molecule has 20 heavy (non-hydrogen) atoms. The summed E-state index contributed by atoms with van der Waals surface area (Å²) < 4.78 is 2.13. The Morgan fingerprint density at radius 3 is 2.80 bits per heavy atom. The summed E-state index contributed by atoms with van der Waals surface area (Å²) in [5, 5.41) is 13.4. The molecule has 0 aliphatic carbocycles. The summed E-state index contributed by atoms with van der Waals surface area (Å²) in [4.78, 5) is 25.3. The van der Waals surface area contributed by atoms with E-state index in [-0.39, 0.29) is 11.7 Å². The van der Waals surface area contributed by atoms with Crippen LogP contribution in [0.5, 0.6) is 0 Å². The minimum absolute atomic E-state index is 0.117. The van der Waals surface area contributed by atoms with Gasteiger partial charge in [-0.05, 0) is 16.0 Å². The highest BCUT2D eigenvalue weighted by atomic mass is 16.6. The minimum Gasteiger partial charge on any atom is -0.358 e. The second kappa shape index (κ2) is 6.29. The minimum atomic E-state index is -0.476. The number of nitrogens with zero attached hydrogens (tertiary/aromatic N) is 4. The number of imidazole rings is 1. The van der Waals surface area contributed by atoms with Crippen LogP contribution in [0, 0.1) is 10.1 Å². The number of nitrogens with one attached hydrogen (secondary N) is 1. The Balaban J connectivity index is 2.81. The standard InChI is InChI=1S/C12H19N5O3/c1-13-11(18)6-5-7-17(3,4)8-10-12(16(19)20)14-9-15(10)2/h5-6,9H,7-8H2,1-4H3/p+1/b6-5+. The van der Waals surface area contributed by atoms with Crippen molar-refractivity contribution in [3.8, 4) is 0 Å². The summed E-state index contributed by atoms with van der Waals surface area (Å²) in [7, 11) is 7.16. The van der Waals surface area contributed by atoms with Crippen molar-refractivity contribution in [3.05, 3.63) is 34.3 Å². The molecule has 0 aliphatic rings. The number of hydrogen-bond acceptors (Lipinski definition) is 4. The Bertz CT molecular complexity index is 533. The number of amides is 1. The Hall–Kier alpha value is -2.22. The van der Waals surface area contributed by atoms with Crippen molar-refractivity contribution < 1.29 is 14.2 Å². The van der Waals surface area contributed by atoms with Gasteiger partial charge in [0.05, 0.1) is 20.6 Å². The third-order valence-corrected chi connectivity index (χ3v) is 2.90. The first kappa shape index (κ1) is 15.8. The fraction of sp³-hybridized carbons (Fsp3) is 0.500. The van der Waals surface area contributed by atoms with Gasteiger partial charge in [0.1, 0.15) is 6.54 Å². The number of quaternary nitrogens is 1. The van der Waals surface area contributed by atoms with Gasteiger partial charge in [-0.2, -0.15) is 0 Å². The van der Waals surface area contributed by atoms with Crippen LogP contribution in [0.25, 0.3) is 0 Å². The molecular formula is C12H20N5O3+. The van der Waals surface area contributed by atoms with E-state index >= 15 is 0 Å². The lowest BCUT2D eigenvalue weighted by atomic mass is 10.3. The fourth-order valence-corrected chi connectivity index (χ4v) is 1.78. The molecule has 1 aromatic heterocycles. The number of aromatic nitrogens is 2. The first-order valence-corrected chi connectivity index (χ1v) is 6.11. The van der Waals surface area contributed by atoms with E-state index in [2.05, 4.69) is 10.3 Å². The molecule has 0 radical (unpaired) electrons. The number of aryl methyl sites for hydroxylation is 1. The van der Waals surface area contributed by atoms with Crippen molar-refractivity contribution in [2.75, 3.05) is 27.7 Å². The van der Waals surface area contributed by atoms with Gasteiger partial charge < -0.3 is 24.5 Å². The summed E-state index contributed by atoms with van der Waals surface area (Å²) in [5.41, 5.74) is 0.563. The molecule has 0 aromatic carbocycles. The van der Waals surface area contributed by atoms with Crippen LogP contribution in [0.4, 0.5) is 5.82 Å². The molecule has 8 heteroatoms. The first-order valence-electron chi connectivity index (χ1n) is 6.11. The number of nitro groups is 1. The van der Waals surface area contributed by atoms with Gasteiger partial charge in [0.2, 0.25) is 12.2 Å².